The monoisotopic (exact) mass is 397 g/mol. The largest absolute Gasteiger partial charge is 0.494 e. The third kappa shape index (κ3) is 9.03. The second-order valence-corrected chi connectivity index (χ2v) is 7.80. The summed E-state index contributed by atoms with van der Waals surface area (Å²) in [5.74, 6) is 2.03. The number of unbranched alkanes of at least 4 members (excludes halogenated alkanes) is 4. The highest BCUT2D eigenvalue weighted by atomic mass is 16.5. The van der Waals surface area contributed by atoms with Crippen LogP contribution in [0, 0.1) is 5.92 Å². The first-order valence-electron chi connectivity index (χ1n) is 10.9. The number of amides is 1. The first-order valence-corrected chi connectivity index (χ1v) is 10.9. The zero-order valence-electron chi connectivity index (χ0n) is 18.1. The van der Waals surface area contributed by atoms with E-state index in [0.717, 1.165) is 36.6 Å². The minimum Gasteiger partial charge on any atom is -0.494 e. The van der Waals surface area contributed by atoms with Crippen LogP contribution < -0.4 is 14.8 Å². The smallest absolute Gasteiger partial charge is 0.255 e. The van der Waals surface area contributed by atoms with E-state index < -0.39 is 0 Å². The molecule has 0 saturated carbocycles. The van der Waals surface area contributed by atoms with Gasteiger partial charge in [0.05, 0.1) is 13.2 Å². The number of hydrogen-bond donors (Lipinski definition) is 1. The summed E-state index contributed by atoms with van der Waals surface area (Å²) in [5.41, 5.74) is 1.33. The van der Waals surface area contributed by atoms with E-state index in [-0.39, 0.29) is 5.91 Å². The van der Waals surface area contributed by atoms with E-state index in [0.29, 0.717) is 18.1 Å². The highest BCUT2D eigenvalue weighted by Crippen LogP contribution is 2.20. The van der Waals surface area contributed by atoms with Gasteiger partial charge in [0.25, 0.3) is 5.91 Å². The number of hydrogen-bond acceptors (Lipinski definition) is 3. The summed E-state index contributed by atoms with van der Waals surface area (Å²) in [6.07, 6.45) is 7.08. The molecule has 0 aliphatic carbocycles. The minimum absolute atomic E-state index is 0.143. The summed E-state index contributed by atoms with van der Waals surface area (Å²) >= 11 is 0. The maximum absolute atomic E-state index is 12.5. The maximum atomic E-state index is 12.5. The molecule has 0 saturated heterocycles. The molecule has 0 bridgehead atoms. The fourth-order valence-electron chi connectivity index (χ4n) is 2.88. The number of anilines is 1. The fraction of sp³-hybridized carbons (Fsp3) is 0.480. The van der Waals surface area contributed by atoms with Gasteiger partial charge >= 0.3 is 0 Å². The van der Waals surface area contributed by atoms with Gasteiger partial charge in [-0.3, -0.25) is 4.79 Å². The van der Waals surface area contributed by atoms with Crippen molar-refractivity contribution in [2.24, 2.45) is 5.92 Å². The highest BCUT2D eigenvalue weighted by molar-refractivity contribution is 6.04. The van der Waals surface area contributed by atoms with Gasteiger partial charge in [-0.15, -0.1) is 0 Å². The van der Waals surface area contributed by atoms with Gasteiger partial charge in [-0.1, -0.05) is 52.5 Å². The average molecular weight is 398 g/mol. The zero-order chi connectivity index (χ0) is 20.9. The molecule has 0 radical (unpaired) electrons. The van der Waals surface area contributed by atoms with E-state index in [9.17, 15) is 4.79 Å². The summed E-state index contributed by atoms with van der Waals surface area (Å²) in [6, 6.07) is 14.8. The molecule has 4 heteroatoms. The van der Waals surface area contributed by atoms with E-state index in [4.69, 9.17) is 9.47 Å². The molecule has 0 aliphatic rings. The van der Waals surface area contributed by atoms with E-state index in [1.807, 2.05) is 36.4 Å². The Labute approximate surface area is 175 Å². The second-order valence-electron chi connectivity index (χ2n) is 7.80. The van der Waals surface area contributed by atoms with Gasteiger partial charge in [0, 0.05) is 17.3 Å². The summed E-state index contributed by atoms with van der Waals surface area (Å²) < 4.78 is 11.5. The van der Waals surface area contributed by atoms with Gasteiger partial charge in [-0.2, -0.15) is 0 Å². The SMILES string of the molecule is CCCCCCCOc1ccc(C(=O)Nc2cccc(OCCC(C)C)c2)cc1. The molecule has 1 amide bonds. The van der Waals surface area contributed by atoms with Crippen molar-refractivity contribution < 1.29 is 14.3 Å². The predicted octanol–water partition coefficient (Wildman–Crippen LogP) is 6.71. The number of nitrogens with one attached hydrogen (secondary N) is 1. The van der Waals surface area contributed by atoms with Gasteiger partial charge in [0.2, 0.25) is 0 Å². The zero-order valence-corrected chi connectivity index (χ0v) is 18.1. The lowest BCUT2D eigenvalue weighted by Gasteiger charge is -2.11. The van der Waals surface area contributed by atoms with E-state index >= 15 is 0 Å². The molecule has 158 valence electrons. The normalized spacial score (nSPS) is 10.8. The van der Waals surface area contributed by atoms with Crippen molar-refractivity contribution in [3.63, 3.8) is 0 Å². The van der Waals surface area contributed by atoms with E-state index in [2.05, 4.69) is 26.1 Å². The molecule has 0 fully saturated rings. The fourth-order valence-corrected chi connectivity index (χ4v) is 2.88. The molecule has 0 atom stereocenters. The number of ether oxygens (including phenoxy) is 2. The van der Waals surface area contributed by atoms with Crippen LogP contribution in [0.15, 0.2) is 48.5 Å². The number of benzene rings is 2. The number of carbonyl (C=O) groups is 1. The van der Waals surface area contributed by atoms with Gasteiger partial charge in [-0.25, -0.2) is 0 Å². The van der Waals surface area contributed by atoms with Crippen LogP contribution >= 0.6 is 0 Å². The molecule has 2 rings (SSSR count). The van der Waals surface area contributed by atoms with Crippen molar-refractivity contribution in [2.75, 3.05) is 18.5 Å². The molecule has 4 nitrogen and oxygen atoms in total. The van der Waals surface area contributed by atoms with Crippen molar-refractivity contribution in [1.29, 1.82) is 0 Å². The van der Waals surface area contributed by atoms with Gasteiger partial charge in [0.15, 0.2) is 0 Å². The Morgan fingerprint density at radius 3 is 2.34 bits per heavy atom. The van der Waals surface area contributed by atoms with Crippen LogP contribution in [0.4, 0.5) is 5.69 Å². The third-order valence-corrected chi connectivity index (χ3v) is 4.69. The first-order chi connectivity index (χ1) is 14.1. The van der Waals surface area contributed by atoms with Gasteiger partial charge in [0.1, 0.15) is 11.5 Å². The van der Waals surface area contributed by atoms with Crippen LogP contribution in [0.5, 0.6) is 11.5 Å². The lowest BCUT2D eigenvalue weighted by molar-refractivity contribution is 0.102. The second kappa shape index (κ2) is 12.9. The molecular formula is C25H35NO3. The van der Waals surface area contributed by atoms with Crippen molar-refractivity contribution in [3.05, 3.63) is 54.1 Å². The quantitative estimate of drug-likeness (QED) is 0.382. The molecule has 0 unspecified atom stereocenters. The molecule has 0 aliphatic heterocycles. The van der Waals surface area contributed by atoms with Crippen molar-refractivity contribution >= 4 is 11.6 Å². The first kappa shape index (κ1) is 22.8. The molecule has 2 aromatic carbocycles. The van der Waals surface area contributed by atoms with Crippen molar-refractivity contribution in [3.8, 4) is 11.5 Å². The molecule has 29 heavy (non-hydrogen) atoms. The molecule has 0 spiro atoms. The van der Waals surface area contributed by atoms with E-state index in [1.54, 1.807) is 12.1 Å². The molecule has 1 N–H and O–H groups in total. The van der Waals surface area contributed by atoms with Crippen molar-refractivity contribution in [1.82, 2.24) is 0 Å². The van der Waals surface area contributed by atoms with Crippen LogP contribution in [-0.4, -0.2) is 19.1 Å². The Balaban J connectivity index is 1.80. The topological polar surface area (TPSA) is 47.6 Å². The molecule has 0 aromatic heterocycles. The summed E-state index contributed by atoms with van der Waals surface area (Å²) in [6.45, 7) is 7.95. The Morgan fingerprint density at radius 2 is 1.62 bits per heavy atom. The Kier molecular flexibility index (Phi) is 10.1. The summed E-state index contributed by atoms with van der Waals surface area (Å²) in [4.78, 5) is 12.5. The van der Waals surface area contributed by atoms with E-state index in [1.165, 1.54) is 25.7 Å². The third-order valence-electron chi connectivity index (χ3n) is 4.69. The summed E-state index contributed by atoms with van der Waals surface area (Å²) in [5, 5.41) is 2.93. The maximum Gasteiger partial charge on any atom is 0.255 e. The Morgan fingerprint density at radius 1 is 0.897 bits per heavy atom. The van der Waals surface area contributed by atoms with Crippen molar-refractivity contribution in [2.45, 2.75) is 59.3 Å². The molecular weight excluding hydrogens is 362 g/mol. The summed E-state index contributed by atoms with van der Waals surface area (Å²) in [7, 11) is 0. The minimum atomic E-state index is -0.143. The highest BCUT2D eigenvalue weighted by Gasteiger charge is 2.07. The molecule has 0 heterocycles. The lowest BCUT2D eigenvalue weighted by Crippen LogP contribution is -2.12. The lowest BCUT2D eigenvalue weighted by atomic mass is 10.1. The van der Waals surface area contributed by atoms with Crippen LogP contribution in [0.1, 0.15) is 69.7 Å². The molecule has 2 aromatic rings. The van der Waals surface area contributed by atoms with Crippen LogP contribution in [0.25, 0.3) is 0 Å². The number of rotatable bonds is 13. The van der Waals surface area contributed by atoms with Gasteiger partial charge in [-0.05, 0) is 55.2 Å². The van der Waals surface area contributed by atoms with Crippen LogP contribution in [0.3, 0.4) is 0 Å². The van der Waals surface area contributed by atoms with Crippen LogP contribution in [0.2, 0.25) is 0 Å². The predicted molar refractivity (Wildman–Crippen MR) is 120 cm³/mol. The van der Waals surface area contributed by atoms with Gasteiger partial charge < -0.3 is 14.8 Å². The standard InChI is InChI=1S/C25H35NO3/c1-4-5-6-7-8-17-28-23-14-12-21(13-15-23)25(27)26-22-10-9-11-24(19-22)29-18-16-20(2)3/h9-15,19-20H,4-8,16-18H2,1-3H3,(H,26,27). The Bertz CT molecular complexity index is 725. The number of carbonyl (C=O) groups excluding carboxylic acids is 1. The van der Waals surface area contributed by atoms with Crippen LogP contribution in [-0.2, 0) is 0 Å². The Hall–Kier alpha value is -2.49. The average Bonchev–Trinajstić information content (AvgIpc) is 2.71.